The zero-order chi connectivity index (χ0) is 16.1. The van der Waals surface area contributed by atoms with E-state index in [2.05, 4.69) is 31.1 Å². The van der Waals surface area contributed by atoms with Gasteiger partial charge in [0.15, 0.2) is 0 Å². The Balaban J connectivity index is 2.70. The third kappa shape index (κ3) is 5.81. The number of nitrogen functional groups attached to an aromatic ring is 1. The van der Waals surface area contributed by atoms with Crippen LogP contribution in [0.3, 0.4) is 0 Å². The van der Waals surface area contributed by atoms with E-state index < -0.39 is 11.9 Å². The molecule has 0 aliphatic carbocycles. The molecule has 0 spiro atoms. The van der Waals surface area contributed by atoms with Crippen LogP contribution >= 0.6 is 0 Å². The number of nitrogens with zero attached hydrogens (tertiary/aromatic N) is 1. The highest BCUT2D eigenvalue weighted by molar-refractivity contribution is 5.65. The van der Waals surface area contributed by atoms with Gasteiger partial charge >= 0.3 is 6.18 Å². The smallest absolute Gasteiger partial charge is 0.396 e. The van der Waals surface area contributed by atoms with E-state index in [1.54, 1.807) is 0 Å². The normalized spacial score (nSPS) is 12.5. The Morgan fingerprint density at radius 1 is 1.24 bits per heavy atom. The lowest BCUT2D eigenvalue weighted by Crippen LogP contribution is -2.23. The number of nitrogens with two attached hydrogens (primary N) is 1. The van der Waals surface area contributed by atoms with Crippen LogP contribution in [-0.2, 0) is 6.18 Å². The van der Waals surface area contributed by atoms with Crippen molar-refractivity contribution >= 4 is 11.4 Å². The number of pyridine rings is 1. The number of unbranched alkanes of at least 4 members (excludes halogenated alkanes) is 2. The lowest BCUT2D eigenvalue weighted by Gasteiger charge is -2.26. The number of rotatable bonds is 7. The van der Waals surface area contributed by atoms with Gasteiger partial charge in [-0.25, -0.2) is 4.98 Å². The van der Waals surface area contributed by atoms with Gasteiger partial charge in [-0.3, -0.25) is 0 Å². The summed E-state index contributed by atoms with van der Waals surface area (Å²) in [5, 5.41) is 3.03. The fraction of sp³-hybridized carbons (Fsp3) is 0.667. The maximum Gasteiger partial charge on any atom is 0.433 e. The van der Waals surface area contributed by atoms with Crippen LogP contribution in [-0.4, -0.2) is 11.5 Å². The zero-order valence-corrected chi connectivity index (χ0v) is 12.8. The number of nitrogens with one attached hydrogen (secondary N) is 1. The minimum absolute atomic E-state index is 0.00325. The summed E-state index contributed by atoms with van der Waals surface area (Å²) in [4.78, 5) is 3.33. The highest BCUT2D eigenvalue weighted by Gasteiger charge is 2.33. The predicted octanol–water partition coefficient (Wildman–Crippen LogP) is 4.70. The van der Waals surface area contributed by atoms with Gasteiger partial charge in [-0.1, -0.05) is 40.0 Å². The molecule has 0 aliphatic heterocycles. The maximum absolute atomic E-state index is 12.6. The lowest BCUT2D eigenvalue weighted by molar-refractivity contribution is -0.141. The van der Waals surface area contributed by atoms with E-state index in [9.17, 15) is 13.2 Å². The van der Waals surface area contributed by atoms with Gasteiger partial charge in [0.05, 0.1) is 17.6 Å². The van der Waals surface area contributed by atoms with Crippen molar-refractivity contribution in [2.24, 2.45) is 5.41 Å². The molecule has 3 nitrogen and oxygen atoms in total. The summed E-state index contributed by atoms with van der Waals surface area (Å²) in [6.07, 6.45) is 1.04. The molecule has 1 rings (SSSR count). The van der Waals surface area contributed by atoms with Gasteiger partial charge in [-0.05, 0) is 17.9 Å². The van der Waals surface area contributed by atoms with Crippen molar-refractivity contribution < 1.29 is 13.2 Å². The van der Waals surface area contributed by atoms with Crippen LogP contribution in [0.4, 0.5) is 24.5 Å². The molecule has 1 aromatic heterocycles. The first kappa shape index (κ1) is 17.6. The summed E-state index contributed by atoms with van der Waals surface area (Å²) in [6, 6.07) is 0.970. The number of anilines is 2. The van der Waals surface area contributed by atoms with Crippen molar-refractivity contribution in [2.45, 2.75) is 52.6 Å². The van der Waals surface area contributed by atoms with E-state index in [1.165, 1.54) is 6.42 Å². The van der Waals surface area contributed by atoms with Gasteiger partial charge < -0.3 is 11.1 Å². The molecular formula is C15H24F3N3. The van der Waals surface area contributed by atoms with E-state index >= 15 is 0 Å². The predicted molar refractivity (Wildman–Crippen MR) is 80.1 cm³/mol. The quantitative estimate of drug-likeness (QED) is 0.718. The monoisotopic (exact) mass is 303 g/mol. The molecule has 1 heterocycles. The second kappa shape index (κ2) is 7.00. The molecule has 0 bridgehead atoms. The van der Waals surface area contributed by atoms with Crippen LogP contribution in [0.15, 0.2) is 12.3 Å². The van der Waals surface area contributed by atoms with E-state index in [4.69, 9.17) is 5.73 Å². The molecule has 0 fully saturated rings. The van der Waals surface area contributed by atoms with Crippen molar-refractivity contribution in [3.63, 3.8) is 0 Å². The molecule has 0 aliphatic rings. The summed E-state index contributed by atoms with van der Waals surface area (Å²) in [5.41, 5.74) is 5.29. The van der Waals surface area contributed by atoms with Crippen LogP contribution < -0.4 is 11.1 Å². The van der Waals surface area contributed by atoms with Crippen molar-refractivity contribution in [3.05, 3.63) is 18.0 Å². The number of hydrogen-bond donors (Lipinski definition) is 2. The van der Waals surface area contributed by atoms with Crippen LogP contribution in [0.5, 0.6) is 0 Å². The van der Waals surface area contributed by atoms with E-state index in [0.29, 0.717) is 12.2 Å². The molecule has 1 aromatic rings. The van der Waals surface area contributed by atoms with Crippen LogP contribution in [0.2, 0.25) is 0 Å². The molecular weight excluding hydrogens is 279 g/mol. The topological polar surface area (TPSA) is 50.9 Å². The standard InChI is InChI=1S/C15H24F3N3/c1-4-5-6-7-14(2,3)10-21-12-8-13(15(16,17)18)20-9-11(12)19/h8-9H,4-7,10,19H2,1-3H3,(H,20,21). The summed E-state index contributed by atoms with van der Waals surface area (Å²) >= 11 is 0. The Labute approximate surface area is 124 Å². The Bertz CT molecular complexity index is 456. The van der Waals surface area contributed by atoms with Gasteiger partial charge in [0.2, 0.25) is 0 Å². The van der Waals surface area contributed by atoms with Crippen LogP contribution in [0.1, 0.15) is 52.1 Å². The second-order valence-corrected chi connectivity index (χ2v) is 6.13. The Morgan fingerprint density at radius 3 is 2.48 bits per heavy atom. The lowest BCUT2D eigenvalue weighted by atomic mass is 9.87. The van der Waals surface area contributed by atoms with Crippen molar-refractivity contribution in [2.75, 3.05) is 17.6 Å². The molecule has 21 heavy (non-hydrogen) atoms. The fourth-order valence-electron chi connectivity index (χ4n) is 2.05. The first-order valence-corrected chi connectivity index (χ1v) is 7.22. The van der Waals surface area contributed by atoms with E-state index in [-0.39, 0.29) is 11.1 Å². The summed E-state index contributed by atoms with van der Waals surface area (Å²) in [6.45, 7) is 6.90. The number of hydrogen-bond acceptors (Lipinski definition) is 3. The maximum atomic E-state index is 12.6. The fourth-order valence-corrected chi connectivity index (χ4v) is 2.05. The highest BCUT2D eigenvalue weighted by atomic mass is 19.4. The van der Waals surface area contributed by atoms with Gasteiger partial charge in [-0.2, -0.15) is 13.2 Å². The molecule has 0 aromatic carbocycles. The summed E-state index contributed by atoms with van der Waals surface area (Å²) in [5.74, 6) is 0. The average Bonchev–Trinajstić information content (AvgIpc) is 2.36. The van der Waals surface area contributed by atoms with Crippen molar-refractivity contribution in [3.8, 4) is 0 Å². The minimum atomic E-state index is -4.46. The van der Waals surface area contributed by atoms with E-state index in [1.807, 2.05) is 0 Å². The summed E-state index contributed by atoms with van der Waals surface area (Å²) < 4.78 is 37.9. The molecule has 0 saturated heterocycles. The average molecular weight is 303 g/mol. The first-order chi connectivity index (χ1) is 9.65. The van der Waals surface area contributed by atoms with Gasteiger partial charge in [-0.15, -0.1) is 0 Å². The summed E-state index contributed by atoms with van der Waals surface area (Å²) in [7, 11) is 0. The largest absolute Gasteiger partial charge is 0.433 e. The van der Waals surface area contributed by atoms with Gasteiger partial charge in [0.25, 0.3) is 0 Å². The molecule has 120 valence electrons. The van der Waals surface area contributed by atoms with Gasteiger partial charge in [0, 0.05) is 6.54 Å². The number of halogens is 3. The molecule has 3 N–H and O–H groups in total. The first-order valence-electron chi connectivity index (χ1n) is 7.22. The number of alkyl halides is 3. The second-order valence-electron chi connectivity index (χ2n) is 6.13. The Kier molecular flexibility index (Phi) is 5.87. The van der Waals surface area contributed by atoms with Crippen molar-refractivity contribution in [1.82, 2.24) is 4.98 Å². The minimum Gasteiger partial charge on any atom is -0.396 e. The Morgan fingerprint density at radius 2 is 1.90 bits per heavy atom. The van der Waals surface area contributed by atoms with E-state index in [0.717, 1.165) is 31.5 Å². The molecule has 6 heteroatoms. The molecule has 0 radical (unpaired) electrons. The molecule has 0 unspecified atom stereocenters. The molecule has 0 atom stereocenters. The zero-order valence-electron chi connectivity index (χ0n) is 12.8. The number of aromatic nitrogens is 1. The Hall–Kier alpha value is -1.46. The van der Waals surface area contributed by atoms with Crippen molar-refractivity contribution in [1.29, 1.82) is 0 Å². The SMILES string of the molecule is CCCCCC(C)(C)CNc1cc(C(F)(F)F)ncc1N. The van der Waals surface area contributed by atoms with Gasteiger partial charge in [0.1, 0.15) is 5.69 Å². The third-order valence-electron chi connectivity index (χ3n) is 3.44. The third-order valence-corrected chi connectivity index (χ3v) is 3.44. The molecule has 0 amide bonds. The molecule has 0 saturated carbocycles. The van der Waals surface area contributed by atoms with Crippen LogP contribution in [0.25, 0.3) is 0 Å². The van der Waals surface area contributed by atoms with Crippen LogP contribution in [0, 0.1) is 5.41 Å². The highest BCUT2D eigenvalue weighted by Crippen LogP contribution is 2.32.